The molecule has 5 nitrogen and oxygen atoms in total. The molecule has 2 aromatic carbocycles. The first kappa shape index (κ1) is 18.0. The fourth-order valence-corrected chi connectivity index (χ4v) is 3.49. The molecular formula is C23H24N4O. The number of hydrogen-bond donors (Lipinski definition) is 3. The molecule has 0 radical (unpaired) electrons. The second-order valence-electron chi connectivity index (χ2n) is 7.12. The van der Waals surface area contributed by atoms with Gasteiger partial charge in [-0.3, -0.25) is 4.79 Å². The largest absolute Gasteiger partial charge is 0.358 e. The van der Waals surface area contributed by atoms with Crippen molar-refractivity contribution in [1.82, 2.24) is 20.3 Å². The number of benzene rings is 2. The van der Waals surface area contributed by atoms with Crippen LogP contribution in [0, 0.1) is 13.8 Å². The average molecular weight is 372 g/mol. The Morgan fingerprint density at radius 1 is 1.11 bits per heavy atom. The number of fused-ring (bicyclic) bond motifs is 1. The summed E-state index contributed by atoms with van der Waals surface area (Å²) in [5.74, 6) is 0.675. The minimum absolute atomic E-state index is 0.0929. The van der Waals surface area contributed by atoms with Crippen molar-refractivity contribution in [3.8, 4) is 11.3 Å². The molecule has 4 aromatic rings. The van der Waals surface area contributed by atoms with E-state index in [1.54, 1.807) is 0 Å². The molecule has 0 fully saturated rings. The standard InChI is InChI=1S/C23H24N4O/c1-4-19(22-24-13-21(26-22)16-8-6-5-7-9-16)27-23(28)17-10-11-20-18(12-17)14(2)15(3)25-20/h5-13,19,25H,4H2,1-3H3,(H,24,26)(H,27,28). The van der Waals surface area contributed by atoms with Gasteiger partial charge in [-0.2, -0.15) is 0 Å². The van der Waals surface area contributed by atoms with Crippen LogP contribution in [0.5, 0.6) is 0 Å². The topological polar surface area (TPSA) is 73.6 Å². The fourth-order valence-electron chi connectivity index (χ4n) is 3.49. The maximum absolute atomic E-state index is 12.9. The highest BCUT2D eigenvalue weighted by atomic mass is 16.1. The van der Waals surface area contributed by atoms with E-state index in [9.17, 15) is 4.79 Å². The van der Waals surface area contributed by atoms with Crippen LogP contribution >= 0.6 is 0 Å². The summed E-state index contributed by atoms with van der Waals surface area (Å²) >= 11 is 0. The summed E-state index contributed by atoms with van der Waals surface area (Å²) in [6.45, 7) is 6.15. The minimum Gasteiger partial charge on any atom is -0.358 e. The van der Waals surface area contributed by atoms with Crippen molar-refractivity contribution in [3.63, 3.8) is 0 Å². The summed E-state index contributed by atoms with van der Waals surface area (Å²) in [7, 11) is 0. The molecular weight excluding hydrogens is 348 g/mol. The zero-order valence-corrected chi connectivity index (χ0v) is 16.3. The summed E-state index contributed by atoms with van der Waals surface area (Å²) in [5, 5.41) is 4.20. The van der Waals surface area contributed by atoms with E-state index in [2.05, 4.69) is 27.2 Å². The Balaban J connectivity index is 1.56. The molecule has 2 aromatic heterocycles. The first-order valence-electron chi connectivity index (χ1n) is 9.57. The van der Waals surface area contributed by atoms with E-state index >= 15 is 0 Å². The first-order chi connectivity index (χ1) is 13.6. The lowest BCUT2D eigenvalue weighted by Crippen LogP contribution is -2.28. The lowest BCUT2D eigenvalue weighted by atomic mass is 10.1. The molecule has 1 unspecified atom stereocenters. The van der Waals surface area contributed by atoms with Crippen LogP contribution in [0.1, 0.15) is 46.8 Å². The second-order valence-corrected chi connectivity index (χ2v) is 7.12. The second kappa shape index (κ2) is 7.35. The van der Waals surface area contributed by atoms with Crippen molar-refractivity contribution >= 4 is 16.8 Å². The van der Waals surface area contributed by atoms with Gasteiger partial charge in [-0.15, -0.1) is 0 Å². The number of H-pyrrole nitrogens is 2. The van der Waals surface area contributed by atoms with E-state index in [0.29, 0.717) is 5.56 Å². The van der Waals surface area contributed by atoms with Crippen LogP contribution in [0.15, 0.2) is 54.7 Å². The van der Waals surface area contributed by atoms with E-state index < -0.39 is 0 Å². The van der Waals surface area contributed by atoms with Crippen LogP contribution in [-0.4, -0.2) is 20.9 Å². The third-order valence-electron chi connectivity index (χ3n) is 5.29. The number of aromatic amines is 2. The van der Waals surface area contributed by atoms with Gasteiger partial charge in [0.2, 0.25) is 0 Å². The van der Waals surface area contributed by atoms with E-state index in [0.717, 1.165) is 40.1 Å². The molecule has 1 atom stereocenters. The van der Waals surface area contributed by atoms with Gasteiger partial charge < -0.3 is 15.3 Å². The molecule has 0 saturated heterocycles. The van der Waals surface area contributed by atoms with Crippen LogP contribution < -0.4 is 5.32 Å². The van der Waals surface area contributed by atoms with Gasteiger partial charge in [0.15, 0.2) is 0 Å². The Morgan fingerprint density at radius 3 is 2.64 bits per heavy atom. The molecule has 0 bridgehead atoms. The molecule has 28 heavy (non-hydrogen) atoms. The zero-order chi connectivity index (χ0) is 19.7. The van der Waals surface area contributed by atoms with Crippen LogP contribution in [0.4, 0.5) is 0 Å². The van der Waals surface area contributed by atoms with E-state index in [4.69, 9.17) is 0 Å². The fraction of sp³-hybridized carbons (Fsp3) is 0.217. The molecule has 0 aliphatic carbocycles. The van der Waals surface area contributed by atoms with Crippen LogP contribution in [0.25, 0.3) is 22.2 Å². The van der Waals surface area contributed by atoms with Gasteiger partial charge >= 0.3 is 0 Å². The Morgan fingerprint density at radius 2 is 1.89 bits per heavy atom. The van der Waals surface area contributed by atoms with Crippen molar-refractivity contribution < 1.29 is 4.79 Å². The average Bonchev–Trinajstić information content (AvgIpc) is 3.32. The Hall–Kier alpha value is -3.34. The molecule has 0 aliphatic rings. The summed E-state index contributed by atoms with van der Waals surface area (Å²) in [6, 6.07) is 15.7. The lowest BCUT2D eigenvalue weighted by Gasteiger charge is -2.15. The SMILES string of the molecule is CCC(NC(=O)c1ccc2[nH]c(C)c(C)c2c1)c1ncc(-c2ccccc2)[nH]1. The molecule has 3 N–H and O–H groups in total. The molecule has 2 heterocycles. The molecule has 4 rings (SSSR count). The van der Waals surface area contributed by atoms with Gasteiger partial charge in [0, 0.05) is 22.2 Å². The third-order valence-corrected chi connectivity index (χ3v) is 5.29. The number of carbonyl (C=O) groups is 1. The van der Waals surface area contributed by atoms with Crippen molar-refractivity contribution in [2.24, 2.45) is 0 Å². The maximum Gasteiger partial charge on any atom is 0.251 e. The number of nitrogens with one attached hydrogen (secondary N) is 3. The highest BCUT2D eigenvalue weighted by Gasteiger charge is 2.18. The summed E-state index contributed by atoms with van der Waals surface area (Å²) < 4.78 is 0. The van der Waals surface area contributed by atoms with Crippen molar-refractivity contribution in [1.29, 1.82) is 0 Å². The van der Waals surface area contributed by atoms with Gasteiger partial charge in [0.05, 0.1) is 17.9 Å². The molecule has 142 valence electrons. The molecule has 5 heteroatoms. The maximum atomic E-state index is 12.9. The number of aromatic nitrogens is 3. The number of amides is 1. The Labute approximate surface area is 164 Å². The highest BCUT2D eigenvalue weighted by Crippen LogP contribution is 2.24. The quantitative estimate of drug-likeness (QED) is 0.458. The van der Waals surface area contributed by atoms with Crippen LogP contribution in [0.2, 0.25) is 0 Å². The molecule has 0 spiro atoms. The van der Waals surface area contributed by atoms with Crippen molar-refractivity contribution in [2.75, 3.05) is 0 Å². The molecule has 0 aliphatic heterocycles. The van der Waals surface area contributed by atoms with Crippen LogP contribution in [0.3, 0.4) is 0 Å². The number of nitrogens with zero attached hydrogens (tertiary/aromatic N) is 1. The predicted molar refractivity (Wildman–Crippen MR) is 112 cm³/mol. The Kier molecular flexibility index (Phi) is 4.74. The Bertz CT molecular complexity index is 1120. The highest BCUT2D eigenvalue weighted by molar-refractivity contribution is 5.99. The number of rotatable bonds is 5. The zero-order valence-electron chi connectivity index (χ0n) is 16.3. The summed E-state index contributed by atoms with van der Waals surface area (Å²) in [4.78, 5) is 24.1. The van der Waals surface area contributed by atoms with Gasteiger partial charge in [-0.1, -0.05) is 37.3 Å². The summed E-state index contributed by atoms with van der Waals surface area (Å²) in [5.41, 5.74) is 6.03. The number of imidazole rings is 1. The number of hydrogen-bond acceptors (Lipinski definition) is 2. The number of aryl methyl sites for hydroxylation is 2. The van der Waals surface area contributed by atoms with Gasteiger partial charge in [-0.05, 0) is 49.6 Å². The molecule has 1 amide bonds. The van der Waals surface area contributed by atoms with Gasteiger partial charge in [-0.25, -0.2) is 4.98 Å². The smallest absolute Gasteiger partial charge is 0.251 e. The van der Waals surface area contributed by atoms with Crippen molar-refractivity contribution in [3.05, 3.63) is 77.4 Å². The van der Waals surface area contributed by atoms with E-state index in [1.807, 2.05) is 68.6 Å². The summed E-state index contributed by atoms with van der Waals surface area (Å²) in [6.07, 6.45) is 2.56. The predicted octanol–water partition coefficient (Wildman–Crippen LogP) is 5.06. The third kappa shape index (κ3) is 3.31. The van der Waals surface area contributed by atoms with Crippen LogP contribution in [-0.2, 0) is 0 Å². The number of carbonyl (C=O) groups excluding carboxylic acids is 1. The van der Waals surface area contributed by atoms with Gasteiger partial charge in [0.1, 0.15) is 5.82 Å². The molecule has 0 saturated carbocycles. The minimum atomic E-state index is -0.172. The normalized spacial score (nSPS) is 12.2. The lowest BCUT2D eigenvalue weighted by molar-refractivity contribution is 0.0934. The van der Waals surface area contributed by atoms with Gasteiger partial charge in [0.25, 0.3) is 5.91 Å². The van der Waals surface area contributed by atoms with Crippen molar-refractivity contribution in [2.45, 2.75) is 33.2 Å². The first-order valence-corrected chi connectivity index (χ1v) is 9.57. The van der Waals surface area contributed by atoms with E-state index in [-0.39, 0.29) is 11.9 Å². The monoisotopic (exact) mass is 372 g/mol. The van der Waals surface area contributed by atoms with E-state index in [1.165, 1.54) is 5.56 Å².